The SMILES string of the molecule is CC(C)CNCc1coc(CN(C)Cc2cccs2)c1. The molecule has 0 aliphatic heterocycles. The van der Waals surface area contributed by atoms with Gasteiger partial charge in [-0.2, -0.15) is 0 Å². The second-order valence-electron chi connectivity index (χ2n) is 5.70. The maximum atomic E-state index is 5.63. The van der Waals surface area contributed by atoms with Crippen LogP contribution < -0.4 is 5.32 Å². The lowest BCUT2D eigenvalue weighted by Crippen LogP contribution is -2.18. The molecule has 0 saturated carbocycles. The van der Waals surface area contributed by atoms with Crippen LogP contribution in [0.15, 0.2) is 34.3 Å². The van der Waals surface area contributed by atoms with Gasteiger partial charge in [0.2, 0.25) is 0 Å². The van der Waals surface area contributed by atoms with Crippen LogP contribution >= 0.6 is 11.3 Å². The molecule has 3 nitrogen and oxygen atoms in total. The first-order valence-corrected chi connectivity index (χ1v) is 7.99. The van der Waals surface area contributed by atoms with E-state index >= 15 is 0 Å². The van der Waals surface area contributed by atoms with Crippen LogP contribution in [0.5, 0.6) is 0 Å². The third-order valence-electron chi connectivity index (χ3n) is 3.02. The molecule has 0 spiro atoms. The van der Waals surface area contributed by atoms with Crippen molar-refractivity contribution in [2.45, 2.75) is 33.5 Å². The molecule has 0 bridgehead atoms. The third kappa shape index (κ3) is 5.12. The predicted octanol–water partition coefficient (Wildman–Crippen LogP) is 3.72. The van der Waals surface area contributed by atoms with Crippen molar-refractivity contribution >= 4 is 11.3 Å². The van der Waals surface area contributed by atoms with Crippen LogP contribution in [-0.2, 0) is 19.6 Å². The Labute approximate surface area is 125 Å². The lowest BCUT2D eigenvalue weighted by molar-refractivity contribution is 0.290. The van der Waals surface area contributed by atoms with Gasteiger partial charge in [-0.3, -0.25) is 4.90 Å². The summed E-state index contributed by atoms with van der Waals surface area (Å²) in [5.74, 6) is 1.71. The number of rotatable bonds is 8. The van der Waals surface area contributed by atoms with Gasteiger partial charge in [-0.1, -0.05) is 19.9 Å². The van der Waals surface area contributed by atoms with E-state index < -0.39 is 0 Å². The number of hydrogen-bond acceptors (Lipinski definition) is 4. The lowest BCUT2D eigenvalue weighted by Gasteiger charge is -2.13. The van der Waals surface area contributed by atoms with Crippen LogP contribution in [0, 0.1) is 5.92 Å². The molecular weight excluding hydrogens is 268 g/mol. The Morgan fingerprint density at radius 1 is 1.35 bits per heavy atom. The van der Waals surface area contributed by atoms with Crippen LogP contribution in [0.1, 0.15) is 30.0 Å². The lowest BCUT2D eigenvalue weighted by atomic mass is 10.2. The average Bonchev–Trinajstić information content (AvgIpc) is 3.01. The summed E-state index contributed by atoms with van der Waals surface area (Å²) >= 11 is 1.80. The molecule has 0 amide bonds. The van der Waals surface area contributed by atoms with E-state index in [0.29, 0.717) is 5.92 Å². The predicted molar refractivity (Wildman–Crippen MR) is 84.7 cm³/mol. The molecule has 2 aromatic heterocycles. The fraction of sp³-hybridized carbons (Fsp3) is 0.500. The van der Waals surface area contributed by atoms with Crippen LogP contribution in [0.2, 0.25) is 0 Å². The molecule has 110 valence electrons. The first kappa shape index (κ1) is 15.3. The van der Waals surface area contributed by atoms with Crippen molar-refractivity contribution < 1.29 is 4.42 Å². The Bertz CT molecular complexity index is 490. The molecule has 0 aromatic carbocycles. The number of nitrogens with zero attached hydrogens (tertiary/aromatic N) is 1. The summed E-state index contributed by atoms with van der Waals surface area (Å²) in [6, 6.07) is 6.42. The van der Waals surface area contributed by atoms with Gasteiger partial charge in [-0.05, 0) is 37.0 Å². The van der Waals surface area contributed by atoms with E-state index in [-0.39, 0.29) is 0 Å². The third-order valence-corrected chi connectivity index (χ3v) is 3.88. The van der Waals surface area contributed by atoms with E-state index in [1.54, 1.807) is 11.3 Å². The molecule has 2 heterocycles. The number of nitrogens with one attached hydrogen (secondary N) is 1. The minimum absolute atomic E-state index is 0.679. The molecule has 0 fully saturated rings. The monoisotopic (exact) mass is 292 g/mol. The van der Waals surface area contributed by atoms with Gasteiger partial charge in [0.25, 0.3) is 0 Å². The van der Waals surface area contributed by atoms with Crippen molar-refractivity contribution in [3.8, 4) is 0 Å². The quantitative estimate of drug-likeness (QED) is 0.804. The van der Waals surface area contributed by atoms with Gasteiger partial charge < -0.3 is 9.73 Å². The van der Waals surface area contributed by atoms with Gasteiger partial charge >= 0.3 is 0 Å². The number of hydrogen-bond donors (Lipinski definition) is 1. The smallest absolute Gasteiger partial charge is 0.118 e. The van der Waals surface area contributed by atoms with Gasteiger partial charge in [0.05, 0.1) is 12.8 Å². The molecule has 0 radical (unpaired) electrons. The second-order valence-corrected chi connectivity index (χ2v) is 6.73. The second kappa shape index (κ2) is 7.62. The summed E-state index contributed by atoms with van der Waals surface area (Å²) in [4.78, 5) is 3.66. The summed E-state index contributed by atoms with van der Waals surface area (Å²) in [6.07, 6.45) is 1.86. The highest BCUT2D eigenvalue weighted by Crippen LogP contribution is 2.14. The fourth-order valence-corrected chi connectivity index (χ4v) is 2.88. The Kier molecular flexibility index (Phi) is 5.83. The standard InChI is InChI=1S/C16H24N2OS/c1-13(2)8-17-9-14-7-15(19-12-14)10-18(3)11-16-5-4-6-20-16/h4-7,12-13,17H,8-11H2,1-3H3. The Morgan fingerprint density at radius 3 is 2.90 bits per heavy atom. The minimum atomic E-state index is 0.679. The van der Waals surface area contributed by atoms with Gasteiger partial charge in [0, 0.05) is 23.5 Å². The van der Waals surface area contributed by atoms with Crippen molar-refractivity contribution in [1.82, 2.24) is 10.2 Å². The minimum Gasteiger partial charge on any atom is -0.468 e. The number of thiophene rings is 1. The number of furan rings is 1. The van der Waals surface area contributed by atoms with E-state index in [1.165, 1.54) is 10.4 Å². The van der Waals surface area contributed by atoms with Gasteiger partial charge in [0.1, 0.15) is 5.76 Å². The molecule has 4 heteroatoms. The summed E-state index contributed by atoms with van der Waals surface area (Å²) in [5, 5.41) is 5.55. The Hall–Kier alpha value is -1.10. The Morgan fingerprint density at radius 2 is 2.20 bits per heavy atom. The summed E-state index contributed by atoms with van der Waals surface area (Å²) in [6.45, 7) is 8.18. The highest BCUT2D eigenvalue weighted by molar-refractivity contribution is 7.09. The van der Waals surface area contributed by atoms with Crippen LogP contribution in [0.4, 0.5) is 0 Å². The van der Waals surface area contributed by atoms with E-state index in [0.717, 1.165) is 31.9 Å². The van der Waals surface area contributed by atoms with E-state index in [1.807, 2.05) is 6.26 Å². The topological polar surface area (TPSA) is 28.4 Å². The summed E-state index contributed by atoms with van der Waals surface area (Å²) in [7, 11) is 2.12. The fourth-order valence-electron chi connectivity index (χ4n) is 2.10. The summed E-state index contributed by atoms with van der Waals surface area (Å²) in [5.41, 5.74) is 1.23. The van der Waals surface area contributed by atoms with Crippen molar-refractivity contribution in [2.24, 2.45) is 5.92 Å². The molecule has 0 unspecified atom stereocenters. The molecule has 20 heavy (non-hydrogen) atoms. The first-order chi connectivity index (χ1) is 9.63. The zero-order valence-corrected chi connectivity index (χ0v) is 13.4. The molecule has 2 aromatic rings. The molecule has 1 N–H and O–H groups in total. The zero-order chi connectivity index (χ0) is 14.4. The van der Waals surface area contributed by atoms with E-state index in [2.05, 4.69) is 54.7 Å². The molecule has 2 rings (SSSR count). The molecule has 0 atom stereocenters. The Balaban J connectivity index is 1.77. The maximum Gasteiger partial charge on any atom is 0.118 e. The van der Waals surface area contributed by atoms with Crippen molar-refractivity contribution in [1.29, 1.82) is 0 Å². The van der Waals surface area contributed by atoms with Crippen molar-refractivity contribution in [3.05, 3.63) is 46.0 Å². The molecule has 0 saturated heterocycles. The molecular formula is C16H24N2OS. The average molecular weight is 292 g/mol. The summed E-state index contributed by atoms with van der Waals surface area (Å²) < 4.78 is 5.63. The van der Waals surface area contributed by atoms with Crippen LogP contribution in [-0.4, -0.2) is 18.5 Å². The largest absolute Gasteiger partial charge is 0.468 e. The highest BCUT2D eigenvalue weighted by Gasteiger charge is 2.07. The molecule has 0 aliphatic carbocycles. The van der Waals surface area contributed by atoms with Crippen LogP contribution in [0.25, 0.3) is 0 Å². The van der Waals surface area contributed by atoms with Gasteiger partial charge in [0.15, 0.2) is 0 Å². The maximum absolute atomic E-state index is 5.63. The van der Waals surface area contributed by atoms with Crippen molar-refractivity contribution in [3.63, 3.8) is 0 Å². The normalized spacial score (nSPS) is 11.7. The first-order valence-electron chi connectivity index (χ1n) is 7.11. The van der Waals surface area contributed by atoms with Crippen LogP contribution in [0.3, 0.4) is 0 Å². The molecule has 0 aliphatic rings. The van der Waals surface area contributed by atoms with Gasteiger partial charge in [-0.15, -0.1) is 11.3 Å². The van der Waals surface area contributed by atoms with E-state index in [4.69, 9.17) is 4.42 Å². The van der Waals surface area contributed by atoms with Crippen molar-refractivity contribution in [2.75, 3.05) is 13.6 Å². The highest BCUT2D eigenvalue weighted by atomic mass is 32.1. The van der Waals surface area contributed by atoms with E-state index in [9.17, 15) is 0 Å². The zero-order valence-electron chi connectivity index (χ0n) is 12.6. The van der Waals surface area contributed by atoms with Gasteiger partial charge in [-0.25, -0.2) is 0 Å².